The van der Waals surface area contributed by atoms with Crippen LogP contribution >= 0.6 is 0 Å². The quantitative estimate of drug-likeness (QED) is 0.538. The van der Waals surface area contributed by atoms with Crippen molar-refractivity contribution in [3.8, 4) is 5.75 Å². The van der Waals surface area contributed by atoms with Crippen LogP contribution in [0.25, 0.3) is 0 Å². The summed E-state index contributed by atoms with van der Waals surface area (Å²) in [7, 11) is 0. The van der Waals surface area contributed by atoms with Crippen molar-refractivity contribution >= 4 is 17.2 Å². The van der Waals surface area contributed by atoms with Gasteiger partial charge in [0.2, 0.25) is 0 Å². The Labute approximate surface area is 162 Å². The molecule has 3 aliphatic rings. The number of aromatic nitrogens is 4. The number of hydrogen-bond donors (Lipinski definition) is 0. The maximum atomic E-state index is 6.10. The largest absolute Gasteiger partial charge is 0.488 e. The fraction of sp³-hybridized carbons (Fsp3) is 0.333. The van der Waals surface area contributed by atoms with Crippen LogP contribution in [0.2, 0.25) is 0 Å². The third-order valence-electron chi connectivity index (χ3n) is 5.75. The summed E-state index contributed by atoms with van der Waals surface area (Å²) in [5.74, 6) is 1.84. The predicted molar refractivity (Wildman–Crippen MR) is 106 cm³/mol. The van der Waals surface area contributed by atoms with Crippen molar-refractivity contribution in [1.29, 1.82) is 0 Å². The molecular weight excluding hydrogens is 352 g/mol. The van der Waals surface area contributed by atoms with E-state index in [1.54, 1.807) is 6.33 Å². The first kappa shape index (κ1) is 15.8. The minimum absolute atomic E-state index is 0.0139. The van der Waals surface area contributed by atoms with E-state index < -0.39 is 0 Å². The average Bonchev–Trinajstić information content (AvgIpc) is 3.13. The molecule has 28 heavy (non-hydrogen) atoms. The zero-order chi connectivity index (χ0) is 18.7. The normalized spacial score (nSPS) is 19.3. The fourth-order valence-corrected chi connectivity index (χ4v) is 3.71. The van der Waals surface area contributed by atoms with E-state index in [1.807, 2.05) is 41.3 Å². The van der Waals surface area contributed by atoms with E-state index in [0.717, 1.165) is 60.2 Å². The minimum Gasteiger partial charge on any atom is -0.488 e. The van der Waals surface area contributed by atoms with Gasteiger partial charge in [0.1, 0.15) is 23.5 Å². The SMILES string of the molecule is CC1(Oc2ccc3c(c2)C(c2cc(N4CC(n5cccn5)C4)ncn2)=N3)CC1. The van der Waals surface area contributed by atoms with Crippen molar-refractivity contribution < 1.29 is 4.74 Å². The smallest absolute Gasteiger partial charge is 0.132 e. The third kappa shape index (κ3) is 2.58. The lowest BCUT2D eigenvalue weighted by Crippen LogP contribution is -2.48. The van der Waals surface area contributed by atoms with Crippen LogP contribution in [0.3, 0.4) is 0 Å². The van der Waals surface area contributed by atoms with E-state index in [9.17, 15) is 0 Å². The number of fused-ring (bicyclic) bond motifs is 1. The molecule has 140 valence electrons. The first-order valence-electron chi connectivity index (χ1n) is 9.66. The molecule has 2 aromatic heterocycles. The van der Waals surface area contributed by atoms with Gasteiger partial charge in [0.15, 0.2) is 0 Å². The molecule has 0 bridgehead atoms. The van der Waals surface area contributed by atoms with E-state index in [0.29, 0.717) is 6.04 Å². The zero-order valence-corrected chi connectivity index (χ0v) is 15.6. The summed E-state index contributed by atoms with van der Waals surface area (Å²) in [4.78, 5) is 15.8. The van der Waals surface area contributed by atoms with Gasteiger partial charge in [-0.25, -0.2) is 15.0 Å². The maximum Gasteiger partial charge on any atom is 0.132 e. The molecule has 0 atom stereocenters. The molecule has 1 aromatic carbocycles. The number of benzene rings is 1. The van der Waals surface area contributed by atoms with Crippen molar-refractivity contribution in [2.24, 2.45) is 4.99 Å². The third-order valence-corrected chi connectivity index (χ3v) is 5.75. The first-order valence-corrected chi connectivity index (χ1v) is 9.66. The Morgan fingerprint density at radius 2 is 2.04 bits per heavy atom. The second-order valence-electron chi connectivity index (χ2n) is 8.00. The van der Waals surface area contributed by atoms with Gasteiger partial charge in [0.25, 0.3) is 0 Å². The monoisotopic (exact) mass is 372 g/mol. The second kappa shape index (κ2) is 5.64. The first-order chi connectivity index (χ1) is 13.7. The van der Waals surface area contributed by atoms with E-state index in [2.05, 4.69) is 37.9 Å². The summed E-state index contributed by atoms with van der Waals surface area (Å²) < 4.78 is 8.10. The van der Waals surface area contributed by atoms with Crippen LogP contribution in [0.5, 0.6) is 5.75 Å². The summed E-state index contributed by atoms with van der Waals surface area (Å²) in [5, 5.41) is 4.32. The molecule has 0 amide bonds. The molecule has 6 rings (SSSR count). The molecule has 1 saturated heterocycles. The Kier molecular flexibility index (Phi) is 3.18. The van der Waals surface area contributed by atoms with Gasteiger partial charge in [-0.05, 0) is 44.0 Å². The second-order valence-corrected chi connectivity index (χ2v) is 8.00. The van der Waals surface area contributed by atoms with Crippen molar-refractivity contribution in [3.05, 3.63) is 60.3 Å². The van der Waals surface area contributed by atoms with Gasteiger partial charge in [-0.2, -0.15) is 5.10 Å². The Morgan fingerprint density at radius 3 is 2.82 bits per heavy atom. The van der Waals surface area contributed by atoms with Gasteiger partial charge in [-0.3, -0.25) is 4.68 Å². The van der Waals surface area contributed by atoms with Crippen LogP contribution in [0, 0.1) is 0 Å². The highest BCUT2D eigenvalue weighted by Gasteiger charge is 2.40. The average molecular weight is 372 g/mol. The van der Waals surface area contributed by atoms with Crippen molar-refractivity contribution in [2.75, 3.05) is 18.0 Å². The Hall–Kier alpha value is -3.22. The highest BCUT2D eigenvalue weighted by molar-refractivity contribution is 6.21. The van der Waals surface area contributed by atoms with Crippen LogP contribution in [0.15, 0.2) is 54.0 Å². The molecule has 7 heteroatoms. The van der Waals surface area contributed by atoms with E-state index in [1.165, 1.54) is 0 Å². The van der Waals surface area contributed by atoms with Crippen LogP contribution in [-0.4, -0.2) is 44.2 Å². The number of rotatable bonds is 5. The lowest BCUT2D eigenvalue weighted by Gasteiger charge is -2.40. The van der Waals surface area contributed by atoms with Gasteiger partial charge >= 0.3 is 0 Å². The minimum atomic E-state index is 0.0139. The Morgan fingerprint density at radius 1 is 1.14 bits per heavy atom. The molecule has 1 aliphatic carbocycles. The number of hydrogen-bond acceptors (Lipinski definition) is 6. The maximum absolute atomic E-state index is 6.10. The van der Waals surface area contributed by atoms with Crippen LogP contribution in [0.1, 0.15) is 37.1 Å². The van der Waals surface area contributed by atoms with E-state index in [-0.39, 0.29) is 5.60 Å². The lowest BCUT2D eigenvalue weighted by atomic mass is 9.98. The molecule has 1 saturated carbocycles. The number of anilines is 1. The number of nitrogens with zero attached hydrogens (tertiary/aromatic N) is 6. The molecule has 0 unspecified atom stereocenters. The molecule has 2 fully saturated rings. The van der Waals surface area contributed by atoms with Crippen LogP contribution in [0.4, 0.5) is 11.5 Å². The van der Waals surface area contributed by atoms with Crippen LogP contribution < -0.4 is 9.64 Å². The summed E-state index contributed by atoms with van der Waals surface area (Å²) in [6.07, 6.45) is 7.69. The van der Waals surface area contributed by atoms with Gasteiger partial charge < -0.3 is 9.64 Å². The topological polar surface area (TPSA) is 68.4 Å². The Bertz CT molecular complexity index is 1080. The summed E-state index contributed by atoms with van der Waals surface area (Å²) in [5.41, 5.74) is 3.87. The molecular formula is C21H20N6O. The standard InChI is InChI=1S/C21H20N6O/c1-21(5-6-21)28-15-3-4-17-16(9-15)20(25-17)18-10-19(23-13-22-18)26-11-14(12-26)27-8-2-7-24-27/h2-4,7-10,13-14H,5-6,11-12H2,1H3. The molecule has 0 radical (unpaired) electrons. The van der Waals surface area contributed by atoms with Gasteiger partial charge in [-0.15, -0.1) is 0 Å². The molecule has 3 aromatic rings. The Balaban J connectivity index is 1.20. The predicted octanol–water partition coefficient (Wildman–Crippen LogP) is 3.15. The molecule has 2 aliphatic heterocycles. The van der Waals surface area contributed by atoms with Gasteiger partial charge in [-0.1, -0.05) is 0 Å². The van der Waals surface area contributed by atoms with Crippen molar-refractivity contribution in [1.82, 2.24) is 19.7 Å². The fourth-order valence-electron chi connectivity index (χ4n) is 3.71. The number of aliphatic imine (C=N–C) groups is 1. The van der Waals surface area contributed by atoms with Crippen molar-refractivity contribution in [3.63, 3.8) is 0 Å². The molecule has 4 heterocycles. The highest BCUT2D eigenvalue weighted by Crippen LogP contribution is 2.42. The highest BCUT2D eigenvalue weighted by atomic mass is 16.5. The van der Waals surface area contributed by atoms with E-state index >= 15 is 0 Å². The zero-order valence-electron chi connectivity index (χ0n) is 15.6. The summed E-state index contributed by atoms with van der Waals surface area (Å²) >= 11 is 0. The molecule has 0 spiro atoms. The van der Waals surface area contributed by atoms with E-state index in [4.69, 9.17) is 4.74 Å². The molecule has 7 nitrogen and oxygen atoms in total. The molecule has 0 N–H and O–H groups in total. The van der Waals surface area contributed by atoms with Crippen molar-refractivity contribution in [2.45, 2.75) is 31.4 Å². The lowest BCUT2D eigenvalue weighted by molar-refractivity contribution is 0.200. The van der Waals surface area contributed by atoms with Gasteiger partial charge in [0, 0.05) is 37.1 Å². The number of ether oxygens (including phenoxy) is 1. The van der Waals surface area contributed by atoms with Crippen LogP contribution in [-0.2, 0) is 0 Å². The summed E-state index contributed by atoms with van der Waals surface area (Å²) in [6, 6.07) is 10.5. The van der Waals surface area contributed by atoms with Gasteiger partial charge in [0.05, 0.1) is 23.1 Å². The summed E-state index contributed by atoms with van der Waals surface area (Å²) in [6.45, 7) is 3.96.